The SMILES string of the molecule is COC(=O)C(C)NS(=O)(=O)c1ccc(Cl)c(N)c1Cl. The second kappa shape index (κ2) is 5.96. The Balaban J connectivity index is 3.15. The van der Waals surface area contributed by atoms with Crippen molar-refractivity contribution in [2.45, 2.75) is 17.9 Å². The number of benzene rings is 1. The number of sulfonamides is 1. The van der Waals surface area contributed by atoms with Crippen molar-refractivity contribution >= 4 is 44.9 Å². The molecule has 0 bridgehead atoms. The Hall–Kier alpha value is -1.02. The molecule has 1 atom stereocenters. The summed E-state index contributed by atoms with van der Waals surface area (Å²) in [5.74, 6) is -0.721. The molecule has 19 heavy (non-hydrogen) atoms. The Kier molecular flexibility index (Phi) is 5.03. The molecule has 6 nitrogen and oxygen atoms in total. The third kappa shape index (κ3) is 3.50. The zero-order valence-corrected chi connectivity index (χ0v) is 12.4. The lowest BCUT2D eigenvalue weighted by Gasteiger charge is -2.14. The number of halogens is 2. The van der Waals surface area contributed by atoms with Gasteiger partial charge in [-0.05, 0) is 19.1 Å². The maximum atomic E-state index is 12.0. The number of carbonyl (C=O) groups excluding carboxylic acids is 1. The molecular formula is C10H12Cl2N2O4S. The third-order valence-corrected chi connectivity index (χ3v) is 4.70. The molecule has 9 heteroatoms. The van der Waals surface area contributed by atoms with E-state index in [9.17, 15) is 13.2 Å². The van der Waals surface area contributed by atoms with E-state index < -0.39 is 22.0 Å². The first-order chi connectivity index (χ1) is 8.70. The fourth-order valence-corrected chi connectivity index (χ4v) is 3.24. The highest BCUT2D eigenvalue weighted by atomic mass is 35.5. The molecule has 0 aliphatic heterocycles. The van der Waals surface area contributed by atoms with Gasteiger partial charge < -0.3 is 10.5 Å². The summed E-state index contributed by atoms with van der Waals surface area (Å²) >= 11 is 11.6. The minimum Gasteiger partial charge on any atom is -0.468 e. The Morgan fingerprint density at radius 1 is 1.42 bits per heavy atom. The van der Waals surface area contributed by atoms with Crippen LogP contribution in [0.2, 0.25) is 10.0 Å². The molecular weight excluding hydrogens is 315 g/mol. The van der Waals surface area contributed by atoms with Crippen LogP contribution in [0, 0.1) is 0 Å². The average Bonchev–Trinajstić information content (AvgIpc) is 2.33. The summed E-state index contributed by atoms with van der Waals surface area (Å²) in [6.07, 6.45) is 0. The molecule has 0 spiro atoms. The van der Waals surface area contributed by atoms with E-state index in [2.05, 4.69) is 9.46 Å². The maximum absolute atomic E-state index is 12.0. The van der Waals surface area contributed by atoms with Crippen molar-refractivity contribution in [3.05, 3.63) is 22.2 Å². The summed E-state index contributed by atoms with van der Waals surface area (Å²) in [5.41, 5.74) is 5.50. The lowest BCUT2D eigenvalue weighted by Crippen LogP contribution is -2.39. The van der Waals surface area contributed by atoms with Crippen molar-refractivity contribution in [2.24, 2.45) is 0 Å². The largest absolute Gasteiger partial charge is 0.468 e. The van der Waals surface area contributed by atoms with Gasteiger partial charge in [0.15, 0.2) is 0 Å². The van der Waals surface area contributed by atoms with Gasteiger partial charge in [0.1, 0.15) is 10.9 Å². The van der Waals surface area contributed by atoms with Gasteiger partial charge in [-0.25, -0.2) is 8.42 Å². The van der Waals surface area contributed by atoms with Crippen molar-refractivity contribution in [3.63, 3.8) is 0 Å². The van der Waals surface area contributed by atoms with Crippen molar-refractivity contribution in [3.8, 4) is 0 Å². The maximum Gasteiger partial charge on any atom is 0.323 e. The van der Waals surface area contributed by atoms with Crippen LogP contribution in [0.25, 0.3) is 0 Å². The smallest absolute Gasteiger partial charge is 0.323 e. The number of carbonyl (C=O) groups is 1. The monoisotopic (exact) mass is 326 g/mol. The topological polar surface area (TPSA) is 98.5 Å². The first-order valence-electron chi connectivity index (χ1n) is 5.04. The van der Waals surface area contributed by atoms with Crippen molar-refractivity contribution < 1.29 is 17.9 Å². The normalized spacial score (nSPS) is 13.1. The summed E-state index contributed by atoms with van der Waals surface area (Å²) in [6.45, 7) is 1.34. The number of hydrogen-bond acceptors (Lipinski definition) is 5. The van der Waals surface area contributed by atoms with Crippen LogP contribution < -0.4 is 10.5 Å². The first kappa shape index (κ1) is 16.0. The molecule has 0 aromatic heterocycles. The molecule has 0 saturated carbocycles. The van der Waals surface area contributed by atoms with Crippen LogP contribution in [0.15, 0.2) is 17.0 Å². The Bertz CT molecular complexity index is 604. The fraction of sp³-hybridized carbons (Fsp3) is 0.300. The molecule has 1 aromatic carbocycles. The molecule has 1 unspecified atom stereocenters. The molecule has 106 valence electrons. The highest BCUT2D eigenvalue weighted by Crippen LogP contribution is 2.33. The Morgan fingerprint density at radius 2 is 2.00 bits per heavy atom. The third-order valence-electron chi connectivity index (χ3n) is 2.27. The molecule has 0 radical (unpaired) electrons. The molecule has 1 aromatic rings. The van der Waals surface area contributed by atoms with E-state index in [-0.39, 0.29) is 20.6 Å². The number of ether oxygens (including phenoxy) is 1. The van der Waals surface area contributed by atoms with Crippen molar-refractivity contribution in [1.82, 2.24) is 4.72 Å². The van der Waals surface area contributed by atoms with Crippen molar-refractivity contribution in [1.29, 1.82) is 0 Å². The molecule has 0 aliphatic rings. The highest BCUT2D eigenvalue weighted by Gasteiger charge is 2.25. The number of methoxy groups -OCH3 is 1. The van der Waals surface area contributed by atoms with E-state index in [1.54, 1.807) is 0 Å². The second-order valence-electron chi connectivity index (χ2n) is 3.64. The van der Waals surface area contributed by atoms with Crippen LogP contribution >= 0.6 is 23.2 Å². The number of nitrogens with one attached hydrogen (secondary N) is 1. The van der Waals surface area contributed by atoms with Gasteiger partial charge in [0.2, 0.25) is 10.0 Å². The predicted octanol–water partition coefficient (Wildman–Crippen LogP) is 1.42. The number of esters is 1. The van der Waals surface area contributed by atoms with Gasteiger partial charge in [0, 0.05) is 0 Å². The molecule has 3 N–H and O–H groups in total. The number of rotatable bonds is 4. The average molecular weight is 327 g/mol. The molecule has 1 rings (SSSR count). The van der Waals surface area contributed by atoms with Gasteiger partial charge in [0.25, 0.3) is 0 Å². The van der Waals surface area contributed by atoms with Gasteiger partial charge in [-0.3, -0.25) is 4.79 Å². The first-order valence-corrected chi connectivity index (χ1v) is 7.28. The van der Waals surface area contributed by atoms with E-state index >= 15 is 0 Å². The minimum absolute atomic E-state index is 0.0445. The highest BCUT2D eigenvalue weighted by molar-refractivity contribution is 7.89. The summed E-state index contributed by atoms with van der Waals surface area (Å²) < 4.78 is 30.6. The Labute approximate surface area is 120 Å². The van der Waals surface area contributed by atoms with Crippen LogP contribution in [0.4, 0.5) is 5.69 Å². The van der Waals surface area contributed by atoms with Gasteiger partial charge in [-0.15, -0.1) is 0 Å². The van der Waals surface area contributed by atoms with Gasteiger partial charge >= 0.3 is 5.97 Å². The lowest BCUT2D eigenvalue weighted by atomic mass is 10.3. The summed E-state index contributed by atoms with van der Waals surface area (Å²) in [6, 6.07) is 1.45. The minimum atomic E-state index is -4.01. The van der Waals surface area contributed by atoms with E-state index in [1.165, 1.54) is 19.1 Å². The second-order valence-corrected chi connectivity index (χ2v) is 6.11. The summed E-state index contributed by atoms with van der Waals surface area (Å²) in [7, 11) is -2.85. The van der Waals surface area contributed by atoms with Crippen molar-refractivity contribution in [2.75, 3.05) is 12.8 Å². The quantitative estimate of drug-likeness (QED) is 0.644. The molecule has 0 heterocycles. The van der Waals surface area contributed by atoms with Gasteiger partial charge in [0.05, 0.1) is 22.8 Å². The van der Waals surface area contributed by atoms with Crippen LogP contribution in [0.5, 0.6) is 0 Å². The zero-order chi connectivity index (χ0) is 14.8. The van der Waals surface area contributed by atoms with E-state index in [4.69, 9.17) is 28.9 Å². The Morgan fingerprint density at radius 3 is 2.53 bits per heavy atom. The number of anilines is 1. The van der Waals surface area contributed by atoms with E-state index in [0.29, 0.717) is 0 Å². The predicted molar refractivity (Wildman–Crippen MR) is 72.7 cm³/mol. The molecule has 0 saturated heterocycles. The zero-order valence-electron chi connectivity index (χ0n) is 10.1. The van der Waals surface area contributed by atoms with Crippen LogP contribution in [-0.4, -0.2) is 27.5 Å². The van der Waals surface area contributed by atoms with E-state index in [0.717, 1.165) is 7.11 Å². The fourth-order valence-electron chi connectivity index (χ4n) is 1.28. The standard InChI is InChI=1S/C10H12Cl2N2O4S/c1-5(10(15)18-2)14-19(16,17)7-4-3-6(11)9(13)8(7)12/h3-5,14H,13H2,1-2H3. The van der Waals surface area contributed by atoms with Gasteiger partial charge in [-0.2, -0.15) is 4.72 Å². The number of nitrogen functional groups attached to an aromatic ring is 1. The molecule has 0 fully saturated rings. The van der Waals surface area contributed by atoms with Crippen LogP contribution in [0.1, 0.15) is 6.92 Å². The summed E-state index contributed by atoms with van der Waals surface area (Å²) in [5, 5.41) is -0.0537. The lowest BCUT2D eigenvalue weighted by molar-refractivity contribution is -0.142. The van der Waals surface area contributed by atoms with Crippen LogP contribution in [-0.2, 0) is 19.6 Å². The molecule has 0 aliphatic carbocycles. The number of hydrogen-bond donors (Lipinski definition) is 2. The van der Waals surface area contributed by atoms with Gasteiger partial charge in [-0.1, -0.05) is 23.2 Å². The number of nitrogens with two attached hydrogens (primary N) is 1. The van der Waals surface area contributed by atoms with E-state index in [1.807, 2.05) is 0 Å². The molecule has 0 amide bonds. The van der Waals surface area contributed by atoms with Crippen LogP contribution in [0.3, 0.4) is 0 Å². The summed E-state index contributed by atoms with van der Waals surface area (Å²) in [4.78, 5) is 10.9.